The largest absolute Gasteiger partial charge is 0.460 e. The number of carbonyl (C=O) groups is 2. The van der Waals surface area contributed by atoms with Crippen LogP contribution in [0.5, 0.6) is 0 Å². The second-order valence-corrected chi connectivity index (χ2v) is 14.3. The maximum absolute atomic E-state index is 12.5. The zero-order valence-corrected chi connectivity index (χ0v) is 33.0. The van der Waals surface area contributed by atoms with E-state index in [0.717, 1.165) is 107 Å². The number of rotatable bonds is 17. The van der Waals surface area contributed by atoms with Crippen molar-refractivity contribution in [2.24, 2.45) is 0 Å². The number of carbonyl (C=O) groups excluding carboxylic acids is 2. The van der Waals surface area contributed by atoms with Gasteiger partial charge in [0.25, 0.3) is 0 Å². The fourth-order valence-corrected chi connectivity index (χ4v) is 7.09. The lowest BCUT2D eigenvalue weighted by molar-refractivity contribution is -0.117. The zero-order valence-electron chi connectivity index (χ0n) is 33.0. The van der Waals surface area contributed by atoms with E-state index in [1.807, 2.05) is 53.7 Å². The lowest BCUT2D eigenvalue weighted by Crippen LogP contribution is -2.27. The number of nitrogens with one attached hydrogen (secondary N) is 4. The van der Waals surface area contributed by atoms with Crippen LogP contribution in [0.25, 0.3) is 56.0 Å². The van der Waals surface area contributed by atoms with Gasteiger partial charge in [0.15, 0.2) is 0 Å². The van der Waals surface area contributed by atoms with E-state index in [4.69, 9.17) is 17.7 Å². The summed E-state index contributed by atoms with van der Waals surface area (Å²) in [4.78, 5) is 48.9. The van der Waals surface area contributed by atoms with Gasteiger partial charge < -0.3 is 38.9 Å². The number of furan rings is 2. The monoisotopic (exact) mass is 762 g/mol. The summed E-state index contributed by atoms with van der Waals surface area (Å²) in [5, 5.41) is 16.2. The summed E-state index contributed by atoms with van der Waals surface area (Å²) in [5.74, 6) is 1.03. The summed E-state index contributed by atoms with van der Waals surface area (Å²) in [7, 11) is 0. The molecule has 12 heteroatoms. The third-order valence-electron chi connectivity index (χ3n) is 10.1. The molecule has 0 spiro atoms. The van der Waals surface area contributed by atoms with Gasteiger partial charge in [0.1, 0.15) is 33.9 Å². The Labute approximate surface area is 324 Å². The Morgan fingerprint density at radius 2 is 0.875 bits per heavy atom. The van der Waals surface area contributed by atoms with Gasteiger partial charge in [-0.15, -0.1) is 0 Å². The molecule has 2 amide bonds. The first-order valence-electron chi connectivity index (χ1n) is 19.2. The molecule has 0 aliphatic carbocycles. The highest BCUT2D eigenvalue weighted by atomic mass is 16.4. The van der Waals surface area contributed by atoms with Crippen LogP contribution in [0.15, 0.2) is 63.7 Å². The highest BCUT2D eigenvalue weighted by Crippen LogP contribution is 2.36. The molecule has 4 aromatic heterocycles. The van der Waals surface area contributed by atoms with Gasteiger partial charge in [-0.3, -0.25) is 9.59 Å². The minimum absolute atomic E-state index is 0.170. The summed E-state index contributed by atoms with van der Waals surface area (Å²) in [6.45, 7) is 15.8. The molecule has 0 radical (unpaired) electrons. The van der Waals surface area contributed by atoms with Crippen LogP contribution >= 0.6 is 0 Å². The van der Waals surface area contributed by atoms with Crippen LogP contribution in [-0.2, 0) is 9.59 Å². The standard InChI is InChI=1S/C44H50N4O8/c1-25-21-39(51)55-41-27(3)43-35(23-33(25)41)31(29(5)53-43)11-13-37(49)47-19-9-17-45-15-7-8-16-46-18-10-20-48-38(50)14-12-32-30(6)54-44-28(4)42-34(24-36(32)44)26(2)22-40(52)56-42/h11-14,21-24,45-46H,7-10,15-20H2,1-6H3,(H,47,49)(H,48,50)/b13-11+,14-12+. The van der Waals surface area contributed by atoms with Gasteiger partial charge in [0.05, 0.1) is 0 Å². The van der Waals surface area contributed by atoms with Crippen LogP contribution in [0.4, 0.5) is 0 Å². The first kappa shape index (κ1) is 40.0. The maximum atomic E-state index is 12.5. The quantitative estimate of drug-likeness (QED) is 0.0434. The molecule has 0 unspecified atom stereocenters. The highest BCUT2D eigenvalue weighted by molar-refractivity contribution is 6.05. The van der Waals surface area contributed by atoms with Gasteiger partial charge >= 0.3 is 11.3 Å². The molecule has 0 saturated carbocycles. The van der Waals surface area contributed by atoms with E-state index >= 15 is 0 Å². The third-order valence-corrected chi connectivity index (χ3v) is 10.1. The number of amides is 2. The topological polar surface area (TPSA) is 169 Å². The van der Waals surface area contributed by atoms with Crippen molar-refractivity contribution in [3.8, 4) is 0 Å². The van der Waals surface area contributed by atoms with Crippen LogP contribution in [0.2, 0.25) is 0 Å². The van der Waals surface area contributed by atoms with E-state index < -0.39 is 11.3 Å². The van der Waals surface area contributed by atoms with Crippen molar-refractivity contribution < 1.29 is 27.3 Å². The molecule has 0 aliphatic rings. The molecule has 12 nitrogen and oxygen atoms in total. The molecule has 4 heterocycles. The SMILES string of the molecule is Cc1oc2c(C)c3oc(=O)cc(C)c3cc2c1/C=C/C(=O)NCCCNCCCCNCCCNC(=O)/C=C/c1c(C)oc2c(C)c3oc(=O)cc(C)c3cc12. The fourth-order valence-electron chi connectivity index (χ4n) is 7.09. The lowest BCUT2D eigenvalue weighted by Gasteiger charge is -2.07. The molecular weight excluding hydrogens is 713 g/mol. The van der Waals surface area contributed by atoms with Gasteiger partial charge in [-0.1, -0.05) is 0 Å². The van der Waals surface area contributed by atoms with Crippen LogP contribution in [-0.4, -0.2) is 51.1 Å². The Morgan fingerprint density at radius 1 is 0.500 bits per heavy atom. The zero-order chi connectivity index (χ0) is 39.9. The molecule has 4 N–H and O–H groups in total. The molecule has 0 fully saturated rings. The van der Waals surface area contributed by atoms with E-state index in [9.17, 15) is 19.2 Å². The predicted molar refractivity (Wildman–Crippen MR) is 221 cm³/mol. The first-order chi connectivity index (χ1) is 26.9. The summed E-state index contributed by atoms with van der Waals surface area (Å²) < 4.78 is 22.9. The first-order valence-corrected chi connectivity index (χ1v) is 19.2. The van der Waals surface area contributed by atoms with Gasteiger partial charge in [-0.05, 0) is 129 Å². The van der Waals surface area contributed by atoms with E-state index in [2.05, 4.69) is 21.3 Å². The highest BCUT2D eigenvalue weighted by Gasteiger charge is 2.18. The summed E-state index contributed by atoms with van der Waals surface area (Å²) >= 11 is 0. The van der Waals surface area contributed by atoms with E-state index in [-0.39, 0.29) is 11.8 Å². The second kappa shape index (κ2) is 17.8. The number of aryl methyl sites for hydroxylation is 6. The Balaban J connectivity index is 0.817. The smallest absolute Gasteiger partial charge is 0.336 e. The molecular formula is C44H50N4O8. The Bertz CT molecular complexity index is 2420. The summed E-state index contributed by atoms with van der Waals surface area (Å²) in [5.41, 5.74) is 6.38. The molecule has 56 heavy (non-hydrogen) atoms. The molecule has 6 aromatic rings. The van der Waals surface area contributed by atoms with E-state index in [0.29, 0.717) is 46.9 Å². The summed E-state index contributed by atoms with van der Waals surface area (Å²) in [6, 6.07) is 6.86. The van der Waals surface area contributed by atoms with Gasteiger partial charge in [0.2, 0.25) is 11.8 Å². The number of hydrogen-bond donors (Lipinski definition) is 4. The Morgan fingerprint density at radius 3 is 1.29 bits per heavy atom. The molecule has 6 rings (SSSR count). The van der Waals surface area contributed by atoms with Crippen molar-refractivity contribution in [2.75, 3.05) is 39.3 Å². The van der Waals surface area contributed by atoms with Crippen molar-refractivity contribution in [2.45, 2.75) is 67.2 Å². The molecule has 0 atom stereocenters. The van der Waals surface area contributed by atoms with Gasteiger partial charge in [-0.2, -0.15) is 0 Å². The fraction of sp³-hybridized carbons (Fsp3) is 0.364. The molecule has 0 bridgehead atoms. The second-order valence-electron chi connectivity index (χ2n) is 14.3. The Kier molecular flexibility index (Phi) is 12.7. The lowest BCUT2D eigenvalue weighted by atomic mass is 10.0. The van der Waals surface area contributed by atoms with Gasteiger partial charge in [0, 0.05) is 81.2 Å². The van der Waals surface area contributed by atoms with Crippen LogP contribution in [0.1, 0.15) is 70.6 Å². The van der Waals surface area contributed by atoms with Crippen LogP contribution in [0.3, 0.4) is 0 Å². The van der Waals surface area contributed by atoms with Gasteiger partial charge in [-0.25, -0.2) is 9.59 Å². The molecule has 0 aliphatic heterocycles. The molecule has 2 aromatic carbocycles. The number of benzene rings is 2. The average molecular weight is 763 g/mol. The minimum Gasteiger partial charge on any atom is -0.460 e. The predicted octanol–water partition coefficient (Wildman–Crippen LogP) is 6.94. The number of hydrogen-bond acceptors (Lipinski definition) is 10. The normalized spacial score (nSPS) is 12.0. The average Bonchev–Trinajstić information content (AvgIpc) is 3.65. The van der Waals surface area contributed by atoms with Crippen LogP contribution in [0, 0.1) is 41.5 Å². The third kappa shape index (κ3) is 9.04. The minimum atomic E-state index is -0.392. The summed E-state index contributed by atoms with van der Waals surface area (Å²) in [6.07, 6.45) is 10.3. The Hall–Kier alpha value is -5.72. The maximum Gasteiger partial charge on any atom is 0.336 e. The van der Waals surface area contributed by atoms with Crippen molar-refractivity contribution >= 4 is 67.8 Å². The number of fused-ring (bicyclic) bond motifs is 4. The molecule has 0 saturated heterocycles. The van der Waals surface area contributed by atoms with Crippen molar-refractivity contribution in [3.63, 3.8) is 0 Å². The molecule has 294 valence electrons. The van der Waals surface area contributed by atoms with Crippen molar-refractivity contribution in [1.29, 1.82) is 0 Å². The number of unbranched alkanes of at least 4 members (excludes halogenated alkanes) is 1. The van der Waals surface area contributed by atoms with Crippen LogP contribution < -0.4 is 32.5 Å². The van der Waals surface area contributed by atoms with E-state index in [1.54, 1.807) is 12.2 Å². The van der Waals surface area contributed by atoms with E-state index in [1.165, 1.54) is 24.3 Å². The van der Waals surface area contributed by atoms with Crippen molar-refractivity contribution in [3.05, 3.63) is 102 Å². The van der Waals surface area contributed by atoms with Crippen molar-refractivity contribution in [1.82, 2.24) is 21.3 Å².